The molecule has 0 saturated heterocycles. The quantitative estimate of drug-likeness (QED) is 0.882. The molecule has 0 aromatic carbocycles. The van der Waals surface area contributed by atoms with Crippen LogP contribution in [0.15, 0.2) is 16.9 Å². The Morgan fingerprint density at radius 2 is 2.17 bits per heavy atom. The van der Waals surface area contributed by atoms with Gasteiger partial charge in [0.1, 0.15) is 6.04 Å². The lowest BCUT2D eigenvalue weighted by molar-refractivity contribution is 0.363. The number of hydrogen-bond acceptors (Lipinski definition) is 5. The second kappa shape index (κ2) is 5.20. The van der Waals surface area contributed by atoms with Gasteiger partial charge in [0.15, 0.2) is 5.82 Å². The first-order valence-electron chi connectivity index (χ1n) is 6.23. The fraction of sp³-hybridized carbons (Fsp3) is 0.583. The third-order valence-electron chi connectivity index (χ3n) is 2.68. The van der Waals surface area contributed by atoms with Gasteiger partial charge in [0, 0.05) is 18.7 Å². The minimum atomic E-state index is -0.0254. The van der Waals surface area contributed by atoms with E-state index in [0.29, 0.717) is 11.9 Å². The highest BCUT2D eigenvalue weighted by atomic mass is 16.5. The highest BCUT2D eigenvalue weighted by Crippen LogP contribution is 2.18. The third kappa shape index (κ3) is 2.69. The van der Waals surface area contributed by atoms with Gasteiger partial charge in [-0.2, -0.15) is 10.1 Å². The Kier molecular flexibility index (Phi) is 3.64. The van der Waals surface area contributed by atoms with Gasteiger partial charge in [0.2, 0.25) is 5.89 Å². The molecule has 2 aromatic heterocycles. The summed E-state index contributed by atoms with van der Waals surface area (Å²) in [5.41, 5.74) is 0.951. The van der Waals surface area contributed by atoms with Crippen LogP contribution in [0.2, 0.25) is 0 Å². The van der Waals surface area contributed by atoms with Gasteiger partial charge in [-0.1, -0.05) is 12.1 Å². The molecule has 0 aliphatic heterocycles. The van der Waals surface area contributed by atoms with Crippen LogP contribution in [0.25, 0.3) is 0 Å². The molecule has 0 spiro atoms. The highest BCUT2D eigenvalue weighted by Gasteiger charge is 2.14. The molecular formula is C12H19N5O. The lowest BCUT2D eigenvalue weighted by Crippen LogP contribution is -2.06. The molecule has 0 saturated carbocycles. The molecular weight excluding hydrogens is 230 g/mol. The van der Waals surface area contributed by atoms with Crippen molar-refractivity contribution in [1.82, 2.24) is 19.9 Å². The predicted octanol–water partition coefficient (Wildman–Crippen LogP) is 2.58. The monoisotopic (exact) mass is 249 g/mol. The van der Waals surface area contributed by atoms with Crippen molar-refractivity contribution in [3.63, 3.8) is 0 Å². The van der Waals surface area contributed by atoms with E-state index in [1.807, 2.05) is 24.7 Å². The molecule has 6 nitrogen and oxygen atoms in total. The highest BCUT2D eigenvalue weighted by molar-refractivity contribution is 5.39. The molecule has 2 heterocycles. The molecule has 18 heavy (non-hydrogen) atoms. The number of hydrogen-bond donors (Lipinski definition) is 1. The molecule has 0 unspecified atom stereocenters. The second-order valence-electron chi connectivity index (χ2n) is 4.57. The van der Waals surface area contributed by atoms with Crippen LogP contribution < -0.4 is 5.32 Å². The van der Waals surface area contributed by atoms with Gasteiger partial charge in [0.05, 0.1) is 11.9 Å². The van der Waals surface area contributed by atoms with E-state index >= 15 is 0 Å². The molecule has 0 aliphatic rings. The molecule has 1 N–H and O–H groups in total. The van der Waals surface area contributed by atoms with E-state index in [9.17, 15) is 0 Å². The van der Waals surface area contributed by atoms with Gasteiger partial charge < -0.3 is 9.84 Å². The zero-order chi connectivity index (χ0) is 13.1. The van der Waals surface area contributed by atoms with Crippen molar-refractivity contribution in [2.24, 2.45) is 0 Å². The van der Waals surface area contributed by atoms with Crippen LogP contribution in [0.1, 0.15) is 51.5 Å². The Bertz CT molecular complexity index is 502. The van der Waals surface area contributed by atoms with Crippen LogP contribution >= 0.6 is 0 Å². The average Bonchev–Trinajstić information content (AvgIpc) is 2.96. The Hall–Kier alpha value is -1.85. The summed E-state index contributed by atoms with van der Waals surface area (Å²) in [6, 6.07) is 0.327. The maximum atomic E-state index is 5.19. The van der Waals surface area contributed by atoms with Gasteiger partial charge in [-0.05, 0) is 20.8 Å². The largest absolute Gasteiger partial charge is 0.371 e. The molecule has 0 fully saturated rings. The molecule has 0 aliphatic carbocycles. The van der Waals surface area contributed by atoms with Crippen molar-refractivity contribution < 1.29 is 4.52 Å². The van der Waals surface area contributed by atoms with Crippen LogP contribution in [-0.2, 0) is 6.42 Å². The molecule has 1 atom stereocenters. The van der Waals surface area contributed by atoms with E-state index in [4.69, 9.17) is 4.52 Å². The molecule has 98 valence electrons. The number of aromatic nitrogens is 4. The first-order valence-corrected chi connectivity index (χ1v) is 6.23. The minimum Gasteiger partial charge on any atom is -0.371 e. The summed E-state index contributed by atoms with van der Waals surface area (Å²) in [6.07, 6.45) is 4.55. The molecule has 2 rings (SSSR count). The van der Waals surface area contributed by atoms with Crippen LogP contribution in [0, 0.1) is 0 Å². The number of anilines is 1. The summed E-state index contributed by atoms with van der Waals surface area (Å²) in [5.74, 6) is 1.33. The first-order chi connectivity index (χ1) is 8.60. The van der Waals surface area contributed by atoms with E-state index in [0.717, 1.165) is 17.9 Å². The van der Waals surface area contributed by atoms with Crippen molar-refractivity contribution in [1.29, 1.82) is 0 Å². The van der Waals surface area contributed by atoms with Crippen molar-refractivity contribution in [3.8, 4) is 0 Å². The van der Waals surface area contributed by atoms with E-state index in [2.05, 4.69) is 34.4 Å². The van der Waals surface area contributed by atoms with Gasteiger partial charge in [-0.25, -0.2) is 0 Å². The fourth-order valence-corrected chi connectivity index (χ4v) is 1.59. The van der Waals surface area contributed by atoms with Gasteiger partial charge in [-0.3, -0.25) is 4.68 Å². The van der Waals surface area contributed by atoms with Crippen LogP contribution in [-0.4, -0.2) is 19.9 Å². The Morgan fingerprint density at radius 1 is 1.39 bits per heavy atom. The second-order valence-corrected chi connectivity index (χ2v) is 4.57. The maximum Gasteiger partial charge on any atom is 0.248 e. The molecule has 2 aromatic rings. The number of nitrogens with one attached hydrogen (secondary N) is 1. The third-order valence-corrected chi connectivity index (χ3v) is 2.68. The summed E-state index contributed by atoms with van der Waals surface area (Å²) in [5, 5.41) is 11.4. The fourth-order valence-electron chi connectivity index (χ4n) is 1.59. The molecule has 6 heteroatoms. The lowest BCUT2D eigenvalue weighted by atomic mass is 10.3. The molecule has 0 amide bonds. The van der Waals surface area contributed by atoms with Crippen LogP contribution in [0.5, 0.6) is 0 Å². The van der Waals surface area contributed by atoms with E-state index < -0.39 is 0 Å². The number of nitrogens with zero attached hydrogens (tertiary/aromatic N) is 4. The smallest absolute Gasteiger partial charge is 0.248 e. The first kappa shape index (κ1) is 12.6. The zero-order valence-electron chi connectivity index (χ0n) is 11.2. The average molecular weight is 249 g/mol. The van der Waals surface area contributed by atoms with Crippen molar-refractivity contribution in [3.05, 3.63) is 24.1 Å². The normalized spacial score (nSPS) is 12.9. The molecule has 0 radical (unpaired) electrons. The van der Waals surface area contributed by atoms with Crippen molar-refractivity contribution in [2.75, 3.05) is 5.32 Å². The van der Waals surface area contributed by atoms with Gasteiger partial charge in [0.25, 0.3) is 0 Å². The van der Waals surface area contributed by atoms with Gasteiger partial charge >= 0.3 is 0 Å². The Balaban J connectivity index is 2.03. The predicted molar refractivity (Wildman–Crippen MR) is 68.3 cm³/mol. The standard InChI is InChI=1S/C12H19N5O/c1-5-11-15-12(18-16-11)9(4)14-10-6-13-17(7-10)8(2)3/h6-9,14H,5H2,1-4H3/t9-/m0/s1. The number of rotatable bonds is 5. The topological polar surface area (TPSA) is 68.8 Å². The van der Waals surface area contributed by atoms with Crippen molar-refractivity contribution >= 4 is 5.69 Å². The summed E-state index contributed by atoms with van der Waals surface area (Å²) in [7, 11) is 0. The van der Waals surface area contributed by atoms with Gasteiger partial charge in [-0.15, -0.1) is 0 Å². The summed E-state index contributed by atoms with van der Waals surface area (Å²) in [4.78, 5) is 4.30. The Labute approximate surface area is 106 Å². The zero-order valence-corrected chi connectivity index (χ0v) is 11.2. The maximum absolute atomic E-state index is 5.19. The van der Waals surface area contributed by atoms with Crippen LogP contribution in [0.4, 0.5) is 5.69 Å². The van der Waals surface area contributed by atoms with E-state index in [1.165, 1.54) is 0 Å². The summed E-state index contributed by atoms with van der Waals surface area (Å²) >= 11 is 0. The van der Waals surface area contributed by atoms with Crippen LogP contribution in [0.3, 0.4) is 0 Å². The summed E-state index contributed by atoms with van der Waals surface area (Å²) in [6.45, 7) is 8.16. The van der Waals surface area contributed by atoms with E-state index in [1.54, 1.807) is 6.20 Å². The van der Waals surface area contributed by atoms with Crippen molar-refractivity contribution in [2.45, 2.75) is 46.2 Å². The summed E-state index contributed by atoms with van der Waals surface area (Å²) < 4.78 is 7.10. The van der Waals surface area contributed by atoms with E-state index in [-0.39, 0.29) is 6.04 Å². The molecule has 0 bridgehead atoms. The SMILES string of the molecule is CCc1noc([C@H](C)Nc2cnn(C(C)C)c2)n1. The Morgan fingerprint density at radius 3 is 2.72 bits per heavy atom. The lowest BCUT2D eigenvalue weighted by Gasteiger charge is -2.08. The number of aryl methyl sites for hydroxylation is 1. The minimum absolute atomic E-state index is 0.0254.